The first-order valence-electron chi connectivity index (χ1n) is 12.0. The minimum Gasteiger partial charge on any atom is -0.353 e. The first-order chi connectivity index (χ1) is 15.5. The monoisotopic (exact) mass is 452 g/mol. The minimum absolute atomic E-state index is 0.131. The van der Waals surface area contributed by atoms with Crippen molar-refractivity contribution in [1.82, 2.24) is 5.32 Å². The average Bonchev–Trinajstić information content (AvgIpc) is 3.62. The normalized spacial score (nSPS) is 20.2. The van der Waals surface area contributed by atoms with Crippen LogP contribution in [0.1, 0.15) is 74.5 Å². The third-order valence-corrected chi connectivity index (χ3v) is 8.82. The number of rotatable bonds is 6. The molecule has 2 N–H and O–H groups in total. The number of carbonyl (C=O) groups is 1. The van der Waals surface area contributed by atoms with Crippen molar-refractivity contribution in [1.29, 1.82) is 0 Å². The summed E-state index contributed by atoms with van der Waals surface area (Å²) < 4.78 is 28.6. The molecule has 0 aromatic heterocycles. The summed E-state index contributed by atoms with van der Waals surface area (Å²) in [5.41, 5.74) is 3.47. The maximum Gasteiger partial charge on any atom is 0.261 e. The SMILES string of the molecule is O=C(NC1CCCCC1)C1(c2ccc(NS(=O)(=O)c3ccc4c(c3)CCCC4)cc2)CC1. The van der Waals surface area contributed by atoms with Crippen LogP contribution in [0.3, 0.4) is 0 Å². The fourth-order valence-electron chi connectivity index (χ4n) is 5.29. The van der Waals surface area contributed by atoms with Gasteiger partial charge in [0.1, 0.15) is 0 Å². The molecule has 5 rings (SSSR count). The number of sulfonamides is 1. The molecule has 32 heavy (non-hydrogen) atoms. The van der Waals surface area contributed by atoms with Gasteiger partial charge in [0.05, 0.1) is 10.3 Å². The van der Waals surface area contributed by atoms with Gasteiger partial charge in [0.15, 0.2) is 0 Å². The van der Waals surface area contributed by atoms with Gasteiger partial charge < -0.3 is 5.32 Å². The van der Waals surface area contributed by atoms with Gasteiger partial charge in [-0.25, -0.2) is 8.42 Å². The molecule has 0 unspecified atom stereocenters. The van der Waals surface area contributed by atoms with E-state index in [1.165, 1.54) is 31.2 Å². The predicted octanol–water partition coefficient (Wildman–Crippen LogP) is 4.85. The molecule has 2 aromatic rings. The van der Waals surface area contributed by atoms with Crippen LogP contribution in [0.5, 0.6) is 0 Å². The van der Waals surface area contributed by atoms with E-state index in [0.717, 1.165) is 56.1 Å². The first kappa shape index (κ1) is 21.5. The lowest BCUT2D eigenvalue weighted by atomic mass is 9.91. The number of nitrogens with one attached hydrogen (secondary N) is 2. The van der Waals surface area contributed by atoms with Crippen LogP contribution < -0.4 is 10.0 Å². The van der Waals surface area contributed by atoms with Crippen LogP contribution in [0.25, 0.3) is 0 Å². The summed E-state index contributed by atoms with van der Waals surface area (Å²) in [7, 11) is -3.64. The second-order valence-corrected chi connectivity index (χ2v) is 11.4. The lowest BCUT2D eigenvalue weighted by molar-refractivity contribution is -0.124. The number of anilines is 1. The van der Waals surface area contributed by atoms with E-state index in [0.29, 0.717) is 16.6 Å². The van der Waals surface area contributed by atoms with Gasteiger partial charge in [0, 0.05) is 11.7 Å². The van der Waals surface area contributed by atoms with E-state index >= 15 is 0 Å². The molecule has 0 heterocycles. The van der Waals surface area contributed by atoms with Crippen LogP contribution in [-0.4, -0.2) is 20.4 Å². The third-order valence-electron chi connectivity index (χ3n) is 7.44. The molecule has 0 atom stereocenters. The summed E-state index contributed by atoms with van der Waals surface area (Å²) in [5, 5.41) is 3.27. The number of hydrogen-bond donors (Lipinski definition) is 2. The fourth-order valence-corrected chi connectivity index (χ4v) is 6.40. The Morgan fingerprint density at radius 2 is 1.53 bits per heavy atom. The van der Waals surface area contributed by atoms with Gasteiger partial charge in [0.25, 0.3) is 10.0 Å². The smallest absolute Gasteiger partial charge is 0.261 e. The fraction of sp³-hybridized carbons (Fsp3) is 0.500. The Bertz CT molecular complexity index is 1100. The van der Waals surface area contributed by atoms with E-state index in [-0.39, 0.29) is 5.91 Å². The van der Waals surface area contributed by atoms with Crippen molar-refractivity contribution in [2.45, 2.75) is 87.0 Å². The lowest BCUT2D eigenvalue weighted by Crippen LogP contribution is -2.42. The molecule has 0 saturated heterocycles. The molecule has 170 valence electrons. The molecular weight excluding hydrogens is 420 g/mol. The lowest BCUT2D eigenvalue weighted by Gasteiger charge is -2.25. The summed E-state index contributed by atoms with van der Waals surface area (Å²) in [6.45, 7) is 0. The molecule has 2 fully saturated rings. The van der Waals surface area contributed by atoms with Gasteiger partial charge in [-0.2, -0.15) is 0 Å². The van der Waals surface area contributed by atoms with E-state index in [9.17, 15) is 13.2 Å². The highest BCUT2D eigenvalue weighted by Gasteiger charge is 2.51. The first-order valence-corrected chi connectivity index (χ1v) is 13.5. The highest BCUT2D eigenvalue weighted by atomic mass is 32.2. The van der Waals surface area contributed by atoms with Gasteiger partial charge >= 0.3 is 0 Å². The molecule has 0 radical (unpaired) electrons. The molecule has 0 spiro atoms. The van der Waals surface area contributed by atoms with E-state index in [1.54, 1.807) is 18.2 Å². The number of benzene rings is 2. The zero-order valence-corrected chi connectivity index (χ0v) is 19.3. The van der Waals surface area contributed by atoms with Crippen molar-refractivity contribution >= 4 is 21.6 Å². The van der Waals surface area contributed by atoms with Gasteiger partial charge in [-0.15, -0.1) is 0 Å². The number of aryl methyl sites for hydroxylation is 2. The predicted molar refractivity (Wildman–Crippen MR) is 126 cm³/mol. The number of fused-ring (bicyclic) bond motifs is 1. The average molecular weight is 453 g/mol. The summed E-state index contributed by atoms with van der Waals surface area (Å²) in [6, 6.07) is 13.1. The Kier molecular flexibility index (Phi) is 5.74. The molecule has 3 aliphatic carbocycles. The second kappa shape index (κ2) is 8.54. The summed E-state index contributed by atoms with van der Waals surface area (Å²) in [4.78, 5) is 13.3. The second-order valence-electron chi connectivity index (χ2n) is 9.71. The van der Waals surface area contributed by atoms with Gasteiger partial charge in [-0.1, -0.05) is 37.5 Å². The quantitative estimate of drug-likeness (QED) is 0.658. The molecule has 2 saturated carbocycles. The Morgan fingerprint density at radius 1 is 0.844 bits per heavy atom. The Hall–Kier alpha value is -2.34. The van der Waals surface area contributed by atoms with Crippen molar-refractivity contribution in [3.8, 4) is 0 Å². The summed E-state index contributed by atoms with van der Waals surface area (Å²) in [6.07, 6.45) is 11.8. The zero-order valence-electron chi connectivity index (χ0n) is 18.5. The summed E-state index contributed by atoms with van der Waals surface area (Å²) >= 11 is 0. The zero-order chi connectivity index (χ0) is 22.2. The van der Waals surface area contributed by atoms with Crippen molar-refractivity contribution in [3.63, 3.8) is 0 Å². The molecule has 2 aromatic carbocycles. The van der Waals surface area contributed by atoms with Crippen molar-refractivity contribution in [2.75, 3.05) is 4.72 Å². The summed E-state index contributed by atoms with van der Waals surface area (Å²) in [5.74, 6) is 0.131. The Labute approximate surface area is 191 Å². The molecule has 1 amide bonds. The van der Waals surface area contributed by atoms with Crippen LogP contribution in [-0.2, 0) is 33.1 Å². The topological polar surface area (TPSA) is 75.3 Å². The van der Waals surface area contributed by atoms with Gasteiger partial charge in [-0.3, -0.25) is 9.52 Å². The van der Waals surface area contributed by atoms with E-state index in [1.807, 2.05) is 24.3 Å². The van der Waals surface area contributed by atoms with Gasteiger partial charge in [-0.05, 0) is 92.3 Å². The standard InChI is InChI=1S/C26H32N2O3S/c29-25(27-22-8-2-1-3-9-22)26(16-17-26)21-11-13-23(14-12-21)28-32(30,31)24-15-10-19-6-4-5-7-20(19)18-24/h10-15,18,22,28H,1-9,16-17H2,(H,27,29). The molecule has 0 aliphatic heterocycles. The van der Waals surface area contributed by atoms with Crippen LogP contribution in [0.4, 0.5) is 5.69 Å². The molecular formula is C26H32N2O3S. The largest absolute Gasteiger partial charge is 0.353 e. The van der Waals surface area contributed by atoms with E-state index in [2.05, 4.69) is 10.0 Å². The Morgan fingerprint density at radius 3 is 2.22 bits per heavy atom. The van der Waals surface area contributed by atoms with E-state index in [4.69, 9.17) is 0 Å². The maximum atomic E-state index is 13.0. The molecule has 3 aliphatic rings. The number of carbonyl (C=O) groups excluding carboxylic acids is 1. The van der Waals surface area contributed by atoms with Crippen LogP contribution in [0.15, 0.2) is 47.4 Å². The molecule has 5 nitrogen and oxygen atoms in total. The van der Waals surface area contributed by atoms with E-state index < -0.39 is 15.4 Å². The van der Waals surface area contributed by atoms with Crippen LogP contribution in [0.2, 0.25) is 0 Å². The molecule has 6 heteroatoms. The van der Waals surface area contributed by atoms with Crippen molar-refractivity contribution in [3.05, 3.63) is 59.2 Å². The highest BCUT2D eigenvalue weighted by molar-refractivity contribution is 7.92. The highest BCUT2D eigenvalue weighted by Crippen LogP contribution is 2.49. The van der Waals surface area contributed by atoms with Crippen molar-refractivity contribution < 1.29 is 13.2 Å². The number of hydrogen-bond acceptors (Lipinski definition) is 3. The minimum atomic E-state index is -3.64. The molecule has 0 bridgehead atoms. The third kappa shape index (κ3) is 4.29. The van der Waals surface area contributed by atoms with Gasteiger partial charge in [0.2, 0.25) is 5.91 Å². The van der Waals surface area contributed by atoms with Crippen LogP contribution in [0, 0.1) is 0 Å². The number of amides is 1. The van der Waals surface area contributed by atoms with Crippen LogP contribution >= 0.6 is 0 Å². The van der Waals surface area contributed by atoms with Crippen molar-refractivity contribution in [2.24, 2.45) is 0 Å². The Balaban J connectivity index is 1.28. The maximum absolute atomic E-state index is 13.0.